The second-order valence-electron chi connectivity index (χ2n) is 6.81. The summed E-state index contributed by atoms with van der Waals surface area (Å²) < 4.78 is 5.98. The number of ether oxygens (including phenoxy) is 1. The Morgan fingerprint density at radius 2 is 1.10 bits per heavy atom. The number of phenolic OH excluding ortho intramolecular Hbond substituents is 1. The lowest BCUT2D eigenvalue weighted by molar-refractivity contribution is 0.305. The van der Waals surface area contributed by atoms with Crippen molar-refractivity contribution in [2.75, 3.05) is 0 Å². The van der Waals surface area contributed by atoms with Gasteiger partial charge < -0.3 is 9.84 Å². The summed E-state index contributed by atoms with van der Waals surface area (Å²) in [6, 6.07) is 36.9. The van der Waals surface area contributed by atoms with E-state index >= 15 is 0 Å². The highest BCUT2D eigenvalue weighted by Gasteiger charge is 2.16. The van der Waals surface area contributed by atoms with Gasteiger partial charge in [0, 0.05) is 6.16 Å². The Hall–Kier alpha value is -3.09. The first-order valence-corrected chi connectivity index (χ1v) is 11.2. The molecule has 4 aromatic rings. The van der Waals surface area contributed by atoms with Gasteiger partial charge >= 0.3 is 0 Å². The molecule has 0 unspecified atom stereocenters. The van der Waals surface area contributed by atoms with Gasteiger partial charge in [0.2, 0.25) is 0 Å². The zero-order valence-electron chi connectivity index (χ0n) is 16.1. The fourth-order valence-corrected chi connectivity index (χ4v) is 5.65. The average Bonchev–Trinajstić information content (AvgIpc) is 2.79. The minimum absolute atomic E-state index is 0.245. The first kappa shape index (κ1) is 19.2. The van der Waals surface area contributed by atoms with Crippen molar-refractivity contribution >= 4 is 18.5 Å². The number of aromatic hydroxyl groups is 1. The summed E-state index contributed by atoms with van der Waals surface area (Å²) >= 11 is 0. The fraction of sp³-hybridized carbons (Fsp3) is 0.0769. The molecule has 1 N–H and O–H groups in total. The average molecular weight is 398 g/mol. The van der Waals surface area contributed by atoms with Crippen LogP contribution in [-0.4, -0.2) is 5.11 Å². The maximum atomic E-state index is 9.45. The van der Waals surface area contributed by atoms with Crippen LogP contribution in [0.3, 0.4) is 0 Å². The molecule has 0 aliphatic carbocycles. The van der Waals surface area contributed by atoms with Gasteiger partial charge in [-0.15, -0.1) is 0 Å². The number of hydrogen-bond acceptors (Lipinski definition) is 2. The smallest absolute Gasteiger partial charge is 0.120 e. The third-order valence-electron chi connectivity index (χ3n) is 4.81. The molecule has 0 atom stereocenters. The molecule has 0 amide bonds. The third-order valence-corrected chi connectivity index (χ3v) is 7.31. The molecule has 29 heavy (non-hydrogen) atoms. The molecule has 0 aromatic heterocycles. The highest BCUT2D eigenvalue weighted by atomic mass is 31.1. The van der Waals surface area contributed by atoms with Gasteiger partial charge in [0.25, 0.3) is 0 Å². The summed E-state index contributed by atoms with van der Waals surface area (Å²) in [5, 5.41) is 12.2. The maximum Gasteiger partial charge on any atom is 0.120 e. The zero-order chi connectivity index (χ0) is 19.9. The van der Waals surface area contributed by atoms with E-state index in [1.165, 1.54) is 21.7 Å². The molecule has 0 fully saturated rings. The van der Waals surface area contributed by atoms with Crippen molar-refractivity contribution in [3.63, 3.8) is 0 Å². The van der Waals surface area contributed by atoms with E-state index in [0.29, 0.717) is 6.61 Å². The summed E-state index contributed by atoms with van der Waals surface area (Å²) in [6.07, 6.45) is 0.971. The topological polar surface area (TPSA) is 29.5 Å². The fourth-order valence-electron chi connectivity index (χ4n) is 3.27. The van der Waals surface area contributed by atoms with Crippen molar-refractivity contribution in [3.05, 3.63) is 120 Å². The van der Waals surface area contributed by atoms with E-state index in [-0.39, 0.29) is 5.75 Å². The van der Waals surface area contributed by atoms with E-state index < -0.39 is 7.92 Å². The van der Waals surface area contributed by atoms with Crippen molar-refractivity contribution < 1.29 is 9.84 Å². The quantitative estimate of drug-likeness (QED) is 0.411. The third kappa shape index (κ3) is 5.04. The molecule has 0 saturated heterocycles. The largest absolute Gasteiger partial charge is 0.508 e. The normalized spacial score (nSPS) is 10.8. The predicted octanol–water partition coefficient (Wildman–Crippen LogP) is 5.60. The van der Waals surface area contributed by atoms with Crippen LogP contribution in [0.25, 0.3) is 0 Å². The number of rotatable bonds is 7. The highest BCUT2D eigenvalue weighted by molar-refractivity contribution is 7.72. The molecule has 0 aliphatic heterocycles. The summed E-state index contributed by atoms with van der Waals surface area (Å²) in [7, 11) is -0.501. The standard InChI is InChI=1S/C26H23O2P/c27-23-15-17-24(18-16-23)28-19-21-9-7-8-10-22(21)20-29(25-11-3-1-4-12-25)26-13-5-2-6-14-26/h1-18,27H,19-20H2. The SMILES string of the molecule is Oc1ccc(OCc2ccccc2CP(c2ccccc2)c2ccccc2)cc1. The van der Waals surface area contributed by atoms with E-state index in [1.54, 1.807) is 24.3 Å². The van der Waals surface area contributed by atoms with Crippen LogP contribution in [0.15, 0.2) is 109 Å². The lowest BCUT2D eigenvalue weighted by Gasteiger charge is -2.21. The van der Waals surface area contributed by atoms with Crippen LogP contribution in [0, 0.1) is 0 Å². The van der Waals surface area contributed by atoms with Gasteiger partial charge in [-0.3, -0.25) is 0 Å². The Morgan fingerprint density at radius 1 is 0.586 bits per heavy atom. The lowest BCUT2D eigenvalue weighted by atomic mass is 10.1. The number of benzene rings is 4. The van der Waals surface area contributed by atoms with Gasteiger partial charge in [0.15, 0.2) is 0 Å². The molecule has 4 rings (SSSR count). The van der Waals surface area contributed by atoms with E-state index in [4.69, 9.17) is 4.74 Å². The molecular formula is C26H23O2P. The Bertz CT molecular complexity index is 992. The van der Waals surface area contributed by atoms with E-state index in [2.05, 4.69) is 84.9 Å². The Kier molecular flexibility index (Phi) is 6.24. The van der Waals surface area contributed by atoms with Gasteiger partial charge in [-0.25, -0.2) is 0 Å². The molecule has 0 radical (unpaired) electrons. The Balaban J connectivity index is 1.59. The molecule has 3 heteroatoms. The van der Waals surface area contributed by atoms with Gasteiger partial charge in [-0.05, 0) is 53.9 Å². The van der Waals surface area contributed by atoms with E-state index in [1.807, 2.05) is 0 Å². The summed E-state index contributed by atoms with van der Waals surface area (Å²) in [5.41, 5.74) is 2.50. The predicted molar refractivity (Wildman–Crippen MR) is 122 cm³/mol. The molecular weight excluding hydrogens is 375 g/mol. The van der Waals surface area contributed by atoms with Gasteiger partial charge in [0.05, 0.1) is 0 Å². The van der Waals surface area contributed by atoms with Crippen molar-refractivity contribution in [2.24, 2.45) is 0 Å². The number of phenols is 1. The second kappa shape index (κ2) is 9.41. The molecule has 144 valence electrons. The minimum atomic E-state index is -0.501. The van der Waals surface area contributed by atoms with E-state index in [9.17, 15) is 5.11 Å². The van der Waals surface area contributed by atoms with Crippen molar-refractivity contribution in [3.8, 4) is 11.5 Å². The van der Waals surface area contributed by atoms with Gasteiger partial charge in [-0.2, -0.15) is 0 Å². The van der Waals surface area contributed by atoms with Crippen molar-refractivity contribution in [1.29, 1.82) is 0 Å². The maximum absolute atomic E-state index is 9.45. The molecule has 0 aliphatic rings. The summed E-state index contributed by atoms with van der Waals surface area (Å²) in [5.74, 6) is 1.00. The van der Waals surface area contributed by atoms with Crippen LogP contribution in [-0.2, 0) is 12.8 Å². The van der Waals surface area contributed by atoms with Crippen LogP contribution in [0.4, 0.5) is 0 Å². The van der Waals surface area contributed by atoms with Gasteiger partial charge in [-0.1, -0.05) is 84.9 Å². The molecule has 0 bridgehead atoms. The van der Waals surface area contributed by atoms with Crippen LogP contribution >= 0.6 is 7.92 Å². The molecule has 2 nitrogen and oxygen atoms in total. The van der Waals surface area contributed by atoms with E-state index in [0.717, 1.165) is 11.9 Å². The minimum Gasteiger partial charge on any atom is -0.508 e. The van der Waals surface area contributed by atoms with Crippen LogP contribution in [0.2, 0.25) is 0 Å². The monoisotopic (exact) mass is 398 g/mol. The summed E-state index contributed by atoms with van der Waals surface area (Å²) in [4.78, 5) is 0. The first-order valence-electron chi connectivity index (χ1n) is 9.66. The Labute approximate surface area is 173 Å². The lowest BCUT2D eigenvalue weighted by Crippen LogP contribution is -2.13. The highest BCUT2D eigenvalue weighted by Crippen LogP contribution is 2.38. The summed E-state index contributed by atoms with van der Waals surface area (Å²) in [6.45, 7) is 0.508. The molecule has 0 saturated carbocycles. The second-order valence-corrected chi connectivity index (χ2v) is 9.01. The first-order chi connectivity index (χ1) is 14.3. The zero-order valence-corrected chi connectivity index (χ0v) is 17.0. The molecule has 4 aromatic carbocycles. The van der Waals surface area contributed by atoms with Crippen LogP contribution in [0.1, 0.15) is 11.1 Å². The van der Waals surface area contributed by atoms with Crippen LogP contribution < -0.4 is 15.3 Å². The van der Waals surface area contributed by atoms with Crippen molar-refractivity contribution in [1.82, 2.24) is 0 Å². The van der Waals surface area contributed by atoms with Gasteiger partial charge in [0.1, 0.15) is 18.1 Å². The molecule has 0 spiro atoms. The number of hydrogen-bond donors (Lipinski definition) is 1. The Morgan fingerprint density at radius 3 is 1.69 bits per heavy atom. The van der Waals surface area contributed by atoms with Crippen LogP contribution in [0.5, 0.6) is 11.5 Å². The van der Waals surface area contributed by atoms with Crippen molar-refractivity contribution in [2.45, 2.75) is 12.8 Å². The molecule has 0 heterocycles.